The summed E-state index contributed by atoms with van der Waals surface area (Å²) >= 11 is 0. The highest BCUT2D eigenvalue weighted by atomic mass is 16.2. The van der Waals surface area contributed by atoms with Gasteiger partial charge in [-0.2, -0.15) is 0 Å². The Labute approximate surface area is 145 Å². The summed E-state index contributed by atoms with van der Waals surface area (Å²) in [6.07, 6.45) is 0. The fourth-order valence-electron chi connectivity index (χ4n) is 2.38. The lowest BCUT2D eigenvalue weighted by atomic mass is 10.1. The Hall–Kier alpha value is -3.60. The van der Waals surface area contributed by atoms with Crippen molar-refractivity contribution < 1.29 is 9.59 Å². The fourth-order valence-corrected chi connectivity index (χ4v) is 2.38. The lowest BCUT2D eigenvalue weighted by Gasteiger charge is -2.11. The Kier molecular flexibility index (Phi) is 4.76. The average molecular weight is 331 g/mol. The molecule has 0 aromatic heterocycles. The van der Waals surface area contributed by atoms with Crippen molar-refractivity contribution in [3.8, 4) is 0 Å². The summed E-state index contributed by atoms with van der Waals surface area (Å²) in [7, 11) is 0. The van der Waals surface area contributed by atoms with E-state index in [1.165, 1.54) is 0 Å². The number of para-hydroxylation sites is 2. The summed E-state index contributed by atoms with van der Waals surface area (Å²) in [5, 5.41) is 5.58. The van der Waals surface area contributed by atoms with E-state index in [-0.39, 0.29) is 11.8 Å². The monoisotopic (exact) mass is 331 g/mol. The summed E-state index contributed by atoms with van der Waals surface area (Å²) in [4.78, 5) is 24.9. The van der Waals surface area contributed by atoms with Crippen LogP contribution in [0.4, 0.5) is 17.1 Å². The maximum Gasteiger partial charge on any atom is 0.257 e. The van der Waals surface area contributed by atoms with E-state index in [1.54, 1.807) is 60.7 Å². The van der Waals surface area contributed by atoms with E-state index >= 15 is 0 Å². The molecule has 0 bridgehead atoms. The number of nitrogens with two attached hydrogens (primary N) is 1. The van der Waals surface area contributed by atoms with Gasteiger partial charge in [0, 0.05) is 16.9 Å². The SMILES string of the molecule is Nc1cccc(C(=O)Nc2ccccc2C(=O)Nc2ccccc2)c1. The van der Waals surface area contributed by atoms with Crippen molar-refractivity contribution in [3.63, 3.8) is 0 Å². The highest BCUT2D eigenvalue weighted by Crippen LogP contribution is 2.19. The highest BCUT2D eigenvalue weighted by Gasteiger charge is 2.14. The largest absolute Gasteiger partial charge is 0.399 e. The quantitative estimate of drug-likeness (QED) is 0.636. The third kappa shape index (κ3) is 4.03. The molecule has 3 rings (SSSR count). The van der Waals surface area contributed by atoms with Crippen molar-refractivity contribution in [2.75, 3.05) is 16.4 Å². The molecule has 0 spiro atoms. The van der Waals surface area contributed by atoms with Crippen LogP contribution in [0.25, 0.3) is 0 Å². The summed E-state index contributed by atoms with van der Waals surface area (Å²) < 4.78 is 0. The second-order valence-electron chi connectivity index (χ2n) is 5.45. The van der Waals surface area contributed by atoms with E-state index in [0.717, 1.165) is 0 Å². The first-order valence-electron chi connectivity index (χ1n) is 7.76. The van der Waals surface area contributed by atoms with Crippen molar-refractivity contribution in [2.45, 2.75) is 0 Å². The van der Waals surface area contributed by atoms with Gasteiger partial charge in [-0.25, -0.2) is 0 Å². The summed E-state index contributed by atoms with van der Waals surface area (Å²) in [5.74, 6) is -0.623. The van der Waals surface area contributed by atoms with Gasteiger partial charge >= 0.3 is 0 Å². The zero-order valence-corrected chi connectivity index (χ0v) is 13.4. The van der Waals surface area contributed by atoms with Crippen molar-refractivity contribution >= 4 is 28.9 Å². The van der Waals surface area contributed by atoms with Crippen LogP contribution in [-0.2, 0) is 0 Å². The van der Waals surface area contributed by atoms with Crippen LogP contribution in [0.15, 0.2) is 78.9 Å². The number of carbonyl (C=O) groups excluding carboxylic acids is 2. The molecule has 0 aliphatic rings. The number of hydrogen-bond acceptors (Lipinski definition) is 3. The molecule has 0 aliphatic carbocycles. The molecule has 0 saturated carbocycles. The third-order valence-electron chi connectivity index (χ3n) is 3.60. The molecule has 5 nitrogen and oxygen atoms in total. The molecule has 25 heavy (non-hydrogen) atoms. The molecule has 5 heteroatoms. The van der Waals surface area contributed by atoms with Crippen molar-refractivity contribution in [1.29, 1.82) is 0 Å². The number of hydrogen-bond donors (Lipinski definition) is 3. The first kappa shape index (κ1) is 16.3. The minimum Gasteiger partial charge on any atom is -0.399 e. The standard InChI is InChI=1S/C20H17N3O2/c21-15-8-6-7-14(13-15)19(24)23-18-12-5-4-11-17(18)20(25)22-16-9-2-1-3-10-16/h1-13H,21H2,(H,22,25)(H,23,24). The van der Waals surface area contributed by atoms with Gasteiger partial charge < -0.3 is 16.4 Å². The van der Waals surface area contributed by atoms with Gasteiger partial charge in [-0.05, 0) is 42.5 Å². The van der Waals surface area contributed by atoms with Crippen LogP contribution in [-0.4, -0.2) is 11.8 Å². The molecule has 4 N–H and O–H groups in total. The lowest BCUT2D eigenvalue weighted by Crippen LogP contribution is -2.18. The Morgan fingerprint density at radius 3 is 2.20 bits per heavy atom. The summed E-state index contributed by atoms with van der Waals surface area (Å²) in [6, 6.07) is 22.7. The minimum absolute atomic E-state index is 0.297. The van der Waals surface area contributed by atoms with Crippen LogP contribution in [0.3, 0.4) is 0 Å². The Bertz CT molecular complexity index is 908. The molecular weight excluding hydrogens is 314 g/mol. The molecule has 0 heterocycles. The predicted octanol–water partition coefficient (Wildman–Crippen LogP) is 3.77. The molecule has 3 aromatic carbocycles. The first-order valence-corrected chi connectivity index (χ1v) is 7.76. The molecule has 3 aromatic rings. The van der Waals surface area contributed by atoms with E-state index in [4.69, 9.17) is 5.73 Å². The second-order valence-corrected chi connectivity index (χ2v) is 5.45. The van der Waals surface area contributed by atoms with Gasteiger partial charge in [-0.1, -0.05) is 36.4 Å². The van der Waals surface area contributed by atoms with Crippen molar-refractivity contribution in [1.82, 2.24) is 0 Å². The zero-order valence-electron chi connectivity index (χ0n) is 13.4. The number of rotatable bonds is 4. The van der Waals surface area contributed by atoms with Crippen LogP contribution in [0, 0.1) is 0 Å². The molecule has 0 radical (unpaired) electrons. The van der Waals surface area contributed by atoms with Crippen LogP contribution in [0.2, 0.25) is 0 Å². The Morgan fingerprint density at radius 1 is 0.720 bits per heavy atom. The van der Waals surface area contributed by atoms with Crippen LogP contribution < -0.4 is 16.4 Å². The number of anilines is 3. The molecule has 2 amide bonds. The van der Waals surface area contributed by atoms with Crippen LogP contribution >= 0.6 is 0 Å². The summed E-state index contributed by atoms with van der Waals surface area (Å²) in [5.41, 5.74) is 8.14. The lowest BCUT2D eigenvalue weighted by molar-refractivity contribution is 0.102. The molecule has 0 saturated heterocycles. The minimum atomic E-state index is -0.327. The molecular formula is C20H17N3O2. The van der Waals surface area contributed by atoms with Crippen molar-refractivity contribution in [3.05, 3.63) is 90.0 Å². The van der Waals surface area contributed by atoms with E-state index in [1.807, 2.05) is 18.2 Å². The molecule has 0 unspecified atom stereocenters. The van der Waals surface area contributed by atoms with Gasteiger partial charge in [0.25, 0.3) is 11.8 Å². The number of nitrogens with one attached hydrogen (secondary N) is 2. The van der Waals surface area contributed by atoms with Crippen LogP contribution in [0.5, 0.6) is 0 Å². The van der Waals surface area contributed by atoms with Gasteiger partial charge in [0.2, 0.25) is 0 Å². The number of carbonyl (C=O) groups is 2. The first-order chi connectivity index (χ1) is 12.1. The van der Waals surface area contributed by atoms with E-state index in [2.05, 4.69) is 10.6 Å². The van der Waals surface area contributed by atoms with Gasteiger partial charge in [0.1, 0.15) is 0 Å². The van der Waals surface area contributed by atoms with E-state index in [0.29, 0.717) is 28.2 Å². The highest BCUT2D eigenvalue weighted by molar-refractivity contribution is 6.12. The third-order valence-corrected chi connectivity index (χ3v) is 3.60. The smallest absolute Gasteiger partial charge is 0.257 e. The van der Waals surface area contributed by atoms with Crippen molar-refractivity contribution in [2.24, 2.45) is 0 Å². The Morgan fingerprint density at radius 2 is 1.44 bits per heavy atom. The zero-order chi connectivity index (χ0) is 17.6. The Balaban J connectivity index is 1.81. The van der Waals surface area contributed by atoms with Gasteiger partial charge in [0.05, 0.1) is 11.3 Å². The maximum atomic E-state index is 12.5. The predicted molar refractivity (Wildman–Crippen MR) is 99.6 cm³/mol. The van der Waals surface area contributed by atoms with Gasteiger partial charge in [-0.15, -0.1) is 0 Å². The van der Waals surface area contributed by atoms with Gasteiger partial charge in [-0.3, -0.25) is 9.59 Å². The molecule has 124 valence electrons. The van der Waals surface area contributed by atoms with E-state index < -0.39 is 0 Å². The molecule has 0 aliphatic heterocycles. The average Bonchev–Trinajstić information content (AvgIpc) is 2.63. The van der Waals surface area contributed by atoms with Gasteiger partial charge in [0.15, 0.2) is 0 Å². The topological polar surface area (TPSA) is 84.2 Å². The number of amides is 2. The maximum absolute atomic E-state index is 12.5. The normalized spacial score (nSPS) is 10.1. The number of nitrogen functional groups attached to an aromatic ring is 1. The molecule has 0 atom stereocenters. The second kappa shape index (κ2) is 7.31. The van der Waals surface area contributed by atoms with E-state index in [9.17, 15) is 9.59 Å². The van der Waals surface area contributed by atoms with Crippen LogP contribution in [0.1, 0.15) is 20.7 Å². The summed E-state index contributed by atoms with van der Waals surface area (Å²) in [6.45, 7) is 0. The fraction of sp³-hybridized carbons (Fsp3) is 0. The molecule has 0 fully saturated rings. The number of benzene rings is 3.